The Labute approximate surface area is 168 Å². The van der Waals surface area contributed by atoms with Crippen molar-refractivity contribution in [2.75, 3.05) is 7.05 Å². The molecule has 0 aliphatic carbocycles. The van der Waals surface area contributed by atoms with Crippen molar-refractivity contribution in [3.63, 3.8) is 0 Å². The minimum Gasteiger partial charge on any atom is -0.324 e. The number of thiophene rings is 1. The Morgan fingerprint density at radius 1 is 1.14 bits per heavy atom. The van der Waals surface area contributed by atoms with Gasteiger partial charge in [-0.25, -0.2) is 13.4 Å². The van der Waals surface area contributed by atoms with Gasteiger partial charge in [0.2, 0.25) is 10.0 Å². The zero-order valence-corrected chi connectivity index (χ0v) is 17.2. The van der Waals surface area contributed by atoms with E-state index >= 15 is 0 Å². The molecular weight excluding hydrogens is 392 g/mol. The monoisotopic (exact) mass is 412 g/mol. The lowest BCUT2D eigenvalue weighted by Crippen LogP contribution is -2.26. The van der Waals surface area contributed by atoms with Gasteiger partial charge >= 0.3 is 0 Å². The molecule has 0 aliphatic heterocycles. The summed E-state index contributed by atoms with van der Waals surface area (Å²) >= 11 is 1.55. The van der Waals surface area contributed by atoms with E-state index in [1.165, 1.54) is 4.31 Å². The predicted molar refractivity (Wildman–Crippen MR) is 111 cm³/mol. The van der Waals surface area contributed by atoms with Crippen molar-refractivity contribution in [3.05, 3.63) is 76.5 Å². The van der Waals surface area contributed by atoms with Crippen LogP contribution in [-0.4, -0.2) is 34.3 Å². The molecule has 0 atom stereocenters. The zero-order chi connectivity index (χ0) is 19.7. The van der Waals surface area contributed by atoms with Gasteiger partial charge in [-0.05, 0) is 42.1 Å². The van der Waals surface area contributed by atoms with Crippen LogP contribution in [0.15, 0.2) is 65.1 Å². The summed E-state index contributed by atoms with van der Waals surface area (Å²) in [4.78, 5) is 9.94. The Balaban J connectivity index is 1.55. The van der Waals surface area contributed by atoms with Gasteiger partial charge in [0.25, 0.3) is 0 Å². The molecular formula is C20H20N4O2S2. The normalized spacial score (nSPS) is 12.1. The number of hydrogen-bond acceptors (Lipinski definition) is 5. The van der Waals surface area contributed by atoms with Gasteiger partial charge < -0.3 is 4.57 Å². The van der Waals surface area contributed by atoms with E-state index in [9.17, 15) is 8.42 Å². The molecule has 4 rings (SSSR count). The van der Waals surface area contributed by atoms with E-state index in [1.54, 1.807) is 42.9 Å². The van der Waals surface area contributed by atoms with Crippen LogP contribution in [0.4, 0.5) is 0 Å². The van der Waals surface area contributed by atoms with Crippen molar-refractivity contribution in [2.45, 2.75) is 24.9 Å². The van der Waals surface area contributed by atoms with Gasteiger partial charge in [-0.15, -0.1) is 11.3 Å². The molecule has 0 fully saturated rings. The number of sulfonamides is 1. The first-order valence-corrected chi connectivity index (χ1v) is 11.1. The number of nitrogens with zero attached hydrogens (tertiary/aromatic N) is 4. The highest BCUT2D eigenvalue weighted by molar-refractivity contribution is 7.89. The maximum Gasteiger partial charge on any atom is 0.243 e. The third kappa shape index (κ3) is 3.58. The van der Waals surface area contributed by atoms with Gasteiger partial charge in [0.05, 0.1) is 16.6 Å². The second-order valence-electron chi connectivity index (χ2n) is 6.59. The smallest absolute Gasteiger partial charge is 0.243 e. The Kier molecular flexibility index (Phi) is 5.01. The Bertz CT molecular complexity index is 1200. The molecule has 1 aromatic carbocycles. The Morgan fingerprint density at radius 3 is 2.64 bits per heavy atom. The third-order valence-electron chi connectivity index (χ3n) is 4.67. The van der Waals surface area contributed by atoms with E-state index in [4.69, 9.17) is 0 Å². The first kappa shape index (κ1) is 18.8. The summed E-state index contributed by atoms with van der Waals surface area (Å²) in [6, 6.07) is 12.9. The summed E-state index contributed by atoms with van der Waals surface area (Å²) in [7, 11) is -1.91. The molecule has 0 saturated carbocycles. The average molecular weight is 413 g/mol. The summed E-state index contributed by atoms with van der Waals surface area (Å²) in [5, 5.41) is 1.95. The van der Waals surface area contributed by atoms with E-state index in [0.29, 0.717) is 18.0 Å². The summed E-state index contributed by atoms with van der Waals surface area (Å²) < 4.78 is 29.1. The molecule has 4 aromatic rings. The SMILES string of the molecule is Cc1nc2cnccc2n1Cc1ccc(S(=O)(=O)N(C)Cc2cccs2)cc1. The lowest BCUT2D eigenvalue weighted by Gasteiger charge is -2.16. The summed E-state index contributed by atoms with van der Waals surface area (Å²) in [5.41, 5.74) is 2.88. The predicted octanol–water partition coefficient (Wildman–Crippen LogP) is 3.67. The first-order chi connectivity index (χ1) is 13.4. The van der Waals surface area contributed by atoms with Crippen molar-refractivity contribution in [3.8, 4) is 0 Å². The van der Waals surface area contributed by atoms with Crippen LogP contribution in [0.25, 0.3) is 11.0 Å². The van der Waals surface area contributed by atoms with Crippen LogP contribution >= 0.6 is 11.3 Å². The van der Waals surface area contributed by atoms with Gasteiger partial charge in [0.1, 0.15) is 11.3 Å². The van der Waals surface area contributed by atoms with E-state index < -0.39 is 10.0 Å². The number of aryl methyl sites for hydroxylation is 1. The number of benzene rings is 1. The van der Waals surface area contributed by atoms with Crippen molar-refractivity contribution < 1.29 is 8.42 Å². The second-order valence-corrected chi connectivity index (χ2v) is 9.67. The quantitative estimate of drug-likeness (QED) is 0.485. The molecule has 3 heterocycles. The minimum atomic E-state index is -3.52. The average Bonchev–Trinajstić information content (AvgIpc) is 3.30. The van der Waals surface area contributed by atoms with Crippen LogP contribution in [0.3, 0.4) is 0 Å². The largest absolute Gasteiger partial charge is 0.324 e. The molecule has 28 heavy (non-hydrogen) atoms. The molecule has 6 nitrogen and oxygen atoms in total. The molecule has 3 aromatic heterocycles. The molecule has 0 saturated heterocycles. The second kappa shape index (κ2) is 7.46. The number of rotatable bonds is 6. The zero-order valence-electron chi connectivity index (χ0n) is 15.6. The highest BCUT2D eigenvalue weighted by atomic mass is 32.2. The van der Waals surface area contributed by atoms with Crippen molar-refractivity contribution in [2.24, 2.45) is 0 Å². The van der Waals surface area contributed by atoms with Crippen molar-refractivity contribution in [1.82, 2.24) is 18.8 Å². The third-order valence-corrected chi connectivity index (χ3v) is 7.35. The van der Waals surface area contributed by atoms with Crippen LogP contribution in [0.1, 0.15) is 16.3 Å². The summed E-state index contributed by atoms with van der Waals surface area (Å²) in [6.07, 6.45) is 3.50. The lowest BCUT2D eigenvalue weighted by atomic mass is 10.2. The number of fused-ring (bicyclic) bond motifs is 1. The molecule has 0 amide bonds. The van der Waals surface area contributed by atoms with Gasteiger partial charge in [-0.3, -0.25) is 4.98 Å². The molecule has 0 unspecified atom stereocenters. The van der Waals surface area contributed by atoms with Crippen LogP contribution in [0, 0.1) is 6.92 Å². The van der Waals surface area contributed by atoms with Gasteiger partial charge in [-0.2, -0.15) is 4.31 Å². The summed E-state index contributed by atoms with van der Waals surface area (Å²) in [6.45, 7) is 2.95. The fraction of sp³-hybridized carbons (Fsp3) is 0.200. The molecule has 0 spiro atoms. The highest BCUT2D eigenvalue weighted by Gasteiger charge is 2.21. The van der Waals surface area contributed by atoms with E-state index in [-0.39, 0.29) is 0 Å². The maximum atomic E-state index is 12.8. The van der Waals surface area contributed by atoms with Crippen LogP contribution in [0.5, 0.6) is 0 Å². The standard InChI is InChI=1S/C20H20N4O2S2/c1-15-22-19-12-21-10-9-20(19)24(15)13-16-5-7-18(8-6-16)28(25,26)23(2)14-17-4-3-11-27-17/h3-12H,13-14H2,1-2H3. The molecule has 144 valence electrons. The van der Waals surface area contributed by atoms with Crippen LogP contribution in [0.2, 0.25) is 0 Å². The van der Waals surface area contributed by atoms with Crippen molar-refractivity contribution in [1.29, 1.82) is 0 Å². The number of imidazole rings is 1. The highest BCUT2D eigenvalue weighted by Crippen LogP contribution is 2.21. The molecule has 0 radical (unpaired) electrons. The van der Waals surface area contributed by atoms with E-state index in [2.05, 4.69) is 14.5 Å². The number of pyridine rings is 1. The lowest BCUT2D eigenvalue weighted by molar-refractivity contribution is 0.469. The maximum absolute atomic E-state index is 12.8. The molecule has 0 bridgehead atoms. The fourth-order valence-electron chi connectivity index (χ4n) is 3.14. The van der Waals surface area contributed by atoms with E-state index in [0.717, 1.165) is 27.3 Å². The minimum absolute atomic E-state index is 0.298. The van der Waals surface area contributed by atoms with Crippen LogP contribution in [-0.2, 0) is 23.1 Å². The van der Waals surface area contributed by atoms with Crippen molar-refractivity contribution >= 4 is 32.4 Å². The molecule has 0 aliphatic rings. The first-order valence-electron chi connectivity index (χ1n) is 8.79. The Morgan fingerprint density at radius 2 is 1.93 bits per heavy atom. The van der Waals surface area contributed by atoms with Crippen LogP contribution < -0.4 is 0 Å². The van der Waals surface area contributed by atoms with Gasteiger partial charge in [0, 0.05) is 31.2 Å². The van der Waals surface area contributed by atoms with Gasteiger partial charge in [0.15, 0.2) is 0 Å². The molecule has 0 N–H and O–H groups in total. The number of hydrogen-bond donors (Lipinski definition) is 0. The van der Waals surface area contributed by atoms with E-state index in [1.807, 2.05) is 42.6 Å². The summed E-state index contributed by atoms with van der Waals surface area (Å²) in [5.74, 6) is 0.898. The topological polar surface area (TPSA) is 68.1 Å². The fourth-order valence-corrected chi connectivity index (χ4v) is 5.13. The number of aromatic nitrogens is 3. The Hall–Kier alpha value is -2.55. The molecule has 8 heteroatoms. The van der Waals surface area contributed by atoms with Gasteiger partial charge in [-0.1, -0.05) is 18.2 Å².